The van der Waals surface area contributed by atoms with Crippen molar-refractivity contribution in [3.8, 4) is 22.8 Å². The Morgan fingerprint density at radius 2 is 2.08 bits per heavy atom. The molecule has 0 radical (unpaired) electrons. The predicted molar refractivity (Wildman–Crippen MR) is 96.1 cm³/mol. The largest absolute Gasteiger partial charge is 0.444 e. The van der Waals surface area contributed by atoms with Gasteiger partial charge in [-0.15, -0.1) is 0 Å². The van der Waals surface area contributed by atoms with Gasteiger partial charge in [0.25, 0.3) is 5.91 Å². The fraction of sp³-hybridized carbons (Fsp3) is 0.105. The second kappa shape index (κ2) is 6.72. The summed E-state index contributed by atoms with van der Waals surface area (Å²) in [6.45, 7) is 0.272. The van der Waals surface area contributed by atoms with Crippen LogP contribution in [0.1, 0.15) is 16.2 Å². The van der Waals surface area contributed by atoms with Crippen LogP contribution >= 0.6 is 0 Å². The van der Waals surface area contributed by atoms with Gasteiger partial charge in [-0.25, -0.2) is 4.98 Å². The van der Waals surface area contributed by atoms with Crippen LogP contribution in [0.15, 0.2) is 65.4 Å². The number of H-pyrrole nitrogens is 1. The van der Waals surface area contributed by atoms with Gasteiger partial charge in [0.1, 0.15) is 17.7 Å². The van der Waals surface area contributed by atoms with Crippen molar-refractivity contribution in [2.24, 2.45) is 7.05 Å². The first-order valence-corrected chi connectivity index (χ1v) is 8.16. The van der Waals surface area contributed by atoms with Gasteiger partial charge in [-0.3, -0.25) is 9.89 Å². The first-order valence-electron chi connectivity index (χ1n) is 8.16. The third kappa shape index (κ3) is 3.14. The van der Waals surface area contributed by atoms with Gasteiger partial charge < -0.3 is 14.3 Å². The Kier molecular flexibility index (Phi) is 4.10. The van der Waals surface area contributed by atoms with Crippen LogP contribution in [0.2, 0.25) is 0 Å². The quantitative estimate of drug-likeness (QED) is 0.581. The lowest BCUT2D eigenvalue weighted by atomic mass is 10.2. The minimum absolute atomic E-state index is 0.248. The summed E-state index contributed by atoms with van der Waals surface area (Å²) in [5.41, 5.74) is 3.60. The van der Waals surface area contributed by atoms with Crippen molar-refractivity contribution in [1.29, 1.82) is 0 Å². The van der Waals surface area contributed by atoms with Gasteiger partial charge in [-0.05, 0) is 30.3 Å². The van der Waals surface area contributed by atoms with Crippen molar-refractivity contribution in [2.75, 3.05) is 0 Å². The van der Waals surface area contributed by atoms with E-state index < -0.39 is 0 Å². The molecule has 0 aliphatic heterocycles. The Balaban J connectivity index is 1.41. The molecule has 0 fully saturated rings. The monoisotopic (exact) mass is 347 g/mol. The summed E-state index contributed by atoms with van der Waals surface area (Å²) in [6, 6.07) is 15.2. The molecular weight excluding hydrogens is 330 g/mol. The Morgan fingerprint density at radius 1 is 1.23 bits per heavy atom. The molecule has 7 heteroatoms. The number of aryl methyl sites for hydroxylation is 1. The molecule has 1 aromatic carbocycles. The van der Waals surface area contributed by atoms with E-state index in [2.05, 4.69) is 20.5 Å². The summed E-state index contributed by atoms with van der Waals surface area (Å²) in [6.07, 6.45) is 3.48. The minimum atomic E-state index is -0.248. The van der Waals surface area contributed by atoms with E-state index >= 15 is 0 Å². The molecule has 1 amide bonds. The second-order valence-electron chi connectivity index (χ2n) is 5.86. The molecule has 3 aromatic heterocycles. The lowest BCUT2D eigenvalue weighted by Gasteiger charge is -2.00. The molecule has 7 nitrogen and oxygen atoms in total. The summed E-state index contributed by atoms with van der Waals surface area (Å²) >= 11 is 0. The van der Waals surface area contributed by atoms with Crippen LogP contribution in [0, 0.1) is 0 Å². The standard InChI is InChI=1S/C19H17N5O2/c1-24-9-5-8-17(24)15-10-16(23-22-15)18(25)20-11-14-12-26-19(21-14)13-6-3-2-4-7-13/h2-10,12H,11H2,1H3,(H,20,25)(H,22,23). The number of nitrogens with zero attached hydrogens (tertiary/aromatic N) is 3. The molecule has 4 aromatic rings. The Bertz CT molecular complexity index is 1030. The molecule has 130 valence electrons. The molecule has 0 aliphatic carbocycles. The number of hydrogen-bond acceptors (Lipinski definition) is 4. The van der Waals surface area contributed by atoms with Crippen molar-refractivity contribution in [2.45, 2.75) is 6.54 Å². The minimum Gasteiger partial charge on any atom is -0.444 e. The smallest absolute Gasteiger partial charge is 0.269 e. The van der Waals surface area contributed by atoms with Gasteiger partial charge in [-0.2, -0.15) is 5.10 Å². The topological polar surface area (TPSA) is 88.7 Å². The Morgan fingerprint density at radius 3 is 2.85 bits per heavy atom. The SMILES string of the molecule is Cn1cccc1-c1cc(C(=O)NCc2coc(-c3ccccc3)n2)[nH]n1. The number of amides is 1. The number of carbonyl (C=O) groups excluding carboxylic acids is 1. The van der Waals surface area contributed by atoms with Crippen LogP contribution in [0.4, 0.5) is 0 Å². The van der Waals surface area contributed by atoms with E-state index in [0.717, 1.165) is 17.0 Å². The van der Waals surface area contributed by atoms with Gasteiger partial charge in [0.15, 0.2) is 0 Å². The molecular formula is C19H17N5O2. The maximum Gasteiger partial charge on any atom is 0.269 e. The van der Waals surface area contributed by atoms with Crippen LogP contribution in [0.3, 0.4) is 0 Å². The Labute approximate surface area is 149 Å². The van der Waals surface area contributed by atoms with E-state index in [1.165, 1.54) is 0 Å². The zero-order valence-corrected chi connectivity index (χ0v) is 14.1. The first kappa shape index (κ1) is 15.9. The van der Waals surface area contributed by atoms with E-state index in [1.54, 1.807) is 12.3 Å². The summed E-state index contributed by atoms with van der Waals surface area (Å²) in [7, 11) is 1.93. The maximum atomic E-state index is 12.3. The normalized spacial score (nSPS) is 10.8. The van der Waals surface area contributed by atoms with Crippen molar-refractivity contribution in [1.82, 2.24) is 25.1 Å². The third-order valence-electron chi connectivity index (χ3n) is 4.03. The maximum absolute atomic E-state index is 12.3. The van der Waals surface area contributed by atoms with Crippen molar-refractivity contribution >= 4 is 5.91 Å². The lowest BCUT2D eigenvalue weighted by molar-refractivity contribution is 0.0945. The summed E-state index contributed by atoms with van der Waals surface area (Å²) in [4.78, 5) is 16.7. The van der Waals surface area contributed by atoms with Crippen LogP contribution in [-0.2, 0) is 13.6 Å². The zero-order chi connectivity index (χ0) is 17.9. The van der Waals surface area contributed by atoms with Gasteiger partial charge >= 0.3 is 0 Å². The van der Waals surface area contributed by atoms with Crippen molar-refractivity contribution < 1.29 is 9.21 Å². The number of nitrogens with one attached hydrogen (secondary N) is 2. The number of aromatic amines is 1. The second-order valence-corrected chi connectivity index (χ2v) is 5.86. The molecule has 3 heterocycles. The Hall–Kier alpha value is -3.61. The van der Waals surface area contributed by atoms with Crippen LogP contribution in [0.5, 0.6) is 0 Å². The van der Waals surface area contributed by atoms with Gasteiger partial charge in [-0.1, -0.05) is 18.2 Å². The van der Waals surface area contributed by atoms with Gasteiger partial charge in [0, 0.05) is 18.8 Å². The van der Waals surface area contributed by atoms with Crippen LogP contribution in [0.25, 0.3) is 22.8 Å². The molecule has 0 saturated carbocycles. The van der Waals surface area contributed by atoms with Crippen molar-refractivity contribution in [3.63, 3.8) is 0 Å². The summed E-state index contributed by atoms with van der Waals surface area (Å²) < 4.78 is 7.41. The predicted octanol–water partition coefficient (Wildman–Crippen LogP) is 3.00. The van der Waals surface area contributed by atoms with Crippen molar-refractivity contribution in [3.05, 3.63) is 72.4 Å². The van der Waals surface area contributed by atoms with Crippen LogP contribution < -0.4 is 5.32 Å². The average Bonchev–Trinajstić information content (AvgIpc) is 3.41. The van der Waals surface area contributed by atoms with Gasteiger partial charge in [0.05, 0.1) is 17.9 Å². The molecule has 2 N–H and O–H groups in total. The molecule has 0 spiro atoms. The molecule has 0 atom stereocenters. The first-order chi connectivity index (χ1) is 12.7. The number of rotatable bonds is 5. The molecule has 0 bridgehead atoms. The lowest BCUT2D eigenvalue weighted by Crippen LogP contribution is -2.23. The average molecular weight is 347 g/mol. The number of benzene rings is 1. The molecule has 0 aliphatic rings. The number of carbonyl (C=O) groups is 1. The zero-order valence-electron chi connectivity index (χ0n) is 14.1. The van der Waals surface area contributed by atoms with E-state index in [1.807, 2.05) is 60.3 Å². The highest BCUT2D eigenvalue weighted by Gasteiger charge is 2.13. The van der Waals surface area contributed by atoms with E-state index in [9.17, 15) is 4.79 Å². The number of hydrogen-bond donors (Lipinski definition) is 2. The fourth-order valence-electron chi connectivity index (χ4n) is 2.66. The third-order valence-corrected chi connectivity index (χ3v) is 4.03. The number of aromatic nitrogens is 4. The van der Waals surface area contributed by atoms with E-state index in [4.69, 9.17) is 4.42 Å². The van der Waals surface area contributed by atoms with E-state index in [0.29, 0.717) is 17.3 Å². The fourth-order valence-corrected chi connectivity index (χ4v) is 2.66. The molecule has 0 saturated heterocycles. The highest BCUT2D eigenvalue weighted by Crippen LogP contribution is 2.19. The van der Waals surface area contributed by atoms with E-state index in [-0.39, 0.29) is 12.5 Å². The highest BCUT2D eigenvalue weighted by atomic mass is 16.3. The van der Waals surface area contributed by atoms with Gasteiger partial charge in [0.2, 0.25) is 5.89 Å². The molecule has 0 unspecified atom stereocenters. The number of oxazole rings is 1. The van der Waals surface area contributed by atoms with Crippen LogP contribution in [-0.4, -0.2) is 25.7 Å². The summed E-state index contributed by atoms with van der Waals surface area (Å²) in [5.74, 6) is 0.282. The summed E-state index contributed by atoms with van der Waals surface area (Å²) in [5, 5.41) is 9.78. The molecule has 26 heavy (non-hydrogen) atoms. The molecule has 4 rings (SSSR count). The highest BCUT2D eigenvalue weighted by molar-refractivity contribution is 5.93.